The monoisotopic (exact) mass is 457 g/mol. The van der Waals surface area contributed by atoms with Gasteiger partial charge in [-0.2, -0.15) is 0 Å². The highest BCUT2D eigenvalue weighted by Gasteiger charge is 2.41. The van der Waals surface area contributed by atoms with Crippen molar-refractivity contribution in [3.63, 3.8) is 0 Å². The first-order valence-corrected chi connectivity index (χ1v) is 11.8. The van der Waals surface area contributed by atoms with Crippen LogP contribution < -0.4 is 9.64 Å². The molecule has 0 bridgehead atoms. The maximum atomic E-state index is 13.1. The largest absolute Gasteiger partial charge is 0.457 e. The van der Waals surface area contributed by atoms with Gasteiger partial charge in [-0.3, -0.25) is 9.80 Å². The summed E-state index contributed by atoms with van der Waals surface area (Å²) >= 11 is 0. The van der Waals surface area contributed by atoms with Crippen molar-refractivity contribution in [2.45, 2.75) is 32.0 Å². The van der Waals surface area contributed by atoms with Crippen LogP contribution in [0.3, 0.4) is 0 Å². The topological polar surface area (TPSA) is 56.3 Å². The lowest BCUT2D eigenvalue weighted by Crippen LogP contribution is -2.51. The average Bonchev–Trinajstić information content (AvgIpc) is 3.16. The summed E-state index contributed by atoms with van der Waals surface area (Å²) in [6.07, 6.45) is 0. The van der Waals surface area contributed by atoms with Crippen LogP contribution >= 0.6 is 0 Å². The molecule has 2 aliphatic heterocycles. The number of ether oxygens (including phenoxy) is 1. The van der Waals surface area contributed by atoms with E-state index in [1.807, 2.05) is 64.4 Å². The molecule has 3 aromatic rings. The first-order chi connectivity index (χ1) is 16.4. The zero-order chi connectivity index (χ0) is 23.7. The number of aliphatic hydroxyl groups is 1. The maximum absolute atomic E-state index is 13.1. The number of piperazine rings is 1. The zero-order valence-corrected chi connectivity index (χ0v) is 19.7. The summed E-state index contributed by atoms with van der Waals surface area (Å²) in [6, 6.07) is 25.9. The molecule has 6 heteroatoms. The van der Waals surface area contributed by atoms with Crippen molar-refractivity contribution in [2.75, 3.05) is 31.1 Å². The van der Waals surface area contributed by atoms with Gasteiger partial charge in [-0.1, -0.05) is 42.5 Å². The number of hydrogen-bond donors (Lipinski definition) is 1. The number of anilines is 1. The molecule has 0 aromatic heterocycles. The number of urea groups is 1. The number of carbonyl (C=O) groups is 1. The van der Waals surface area contributed by atoms with Gasteiger partial charge in [0.1, 0.15) is 11.5 Å². The van der Waals surface area contributed by atoms with Crippen molar-refractivity contribution in [3.05, 3.63) is 90.0 Å². The third-order valence-electron chi connectivity index (χ3n) is 6.63. The third-order valence-corrected chi connectivity index (χ3v) is 6.63. The predicted molar refractivity (Wildman–Crippen MR) is 133 cm³/mol. The quantitative estimate of drug-likeness (QED) is 0.576. The highest BCUT2D eigenvalue weighted by Crippen LogP contribution is 2.30. The lowest BCUT2D eigenvalue weighted by molar-refractivity contribution is 0.0785. The Kier molecular flexibility index (Phi) is 6.02. The summed E-state index contributed by atoms with van der Waals surface area (Å²) in [5.74, 6) is 1.41. The lowest BCUT2D eigenvalue weighted by atomic mass is 9.99. The molecule has 2 amide bonds. The number of benzene rings is 3. The van der Waals surface area contributed by atoms with Gasteiger partial charge in [0.05, 0.1) is 11.6 Å². The Morgan fingerprint density at radius 2 is 1.53 bits per heavy atom. The van der Waals surface area contributed by atoms with Gasteiger partial charge < -0.3 is 14.7 Å². The molecule has 3 aromatic carbocycles. The molecular weight excluding hydrogens is 426 g/mol. The van der Waals surface area contributed by atoms with Crippen LogP contribution in [0.2, 0.25) is 0 Å². The van der Waals surface area contributed by atoms with Crippen LogP contribution in [-0.4, -0.2) is 53.2 Å². The van der Waals surface area contributed by atoms with Crippen molar-refractivity contribution in [1.82, 2.24) is 9.80 Å². The summed E-state index contributed by atoms with van der Waals surface area (Å²) in [7, 11) is 0. The molecule has 2 fully saturated rings. The second-order valence-corrected chi connectivity index (χ2v) is 9.64. The number of rotatable bonds is 6. The third kappa shape index (κ3) is 4.79. The van der Waals surface area contributed by atoms with Crippen molar-refractivity contribution in [2.24, 2.45) is 0 Å². The van der Waals surface area contributed by atoms with Crippen LogP contribution in [0, 0.1) is 0 Å². The van der Waals surface area contributed by atoms with E-state index in [2.05, 4.69) is 29.2 Å². The van der Waals surface area contributed by atoms with E-state index in [4.69, 9.17) is 4.74 Å². The molecule has 5 rings (SSSR count). The van der Waals surface area contributed by atoms with Gasteiger partial charge in [-0.25, -0.2) is 4.79 Å². The van der Waals surface area contributed by atoms with Gasteiger partial charge in [0, 0.05) is 38.4 Å². The smallest absolute Gasteiger partial charge is 0.324 e. The second kappa shape index (κ2) is 9.12. The van der Waals surface area contributed by atoms with Crippen molar-refractivity contribution >= 4 is 11.7 Å². The SMILES string of the molecule is CC(C)(O)c1ccc(Oc2ccc(N3C[C@@H]4CN(Cc5ccccc5)CCN4C3=O)cc2)cc1. The molecule has 6 nitrogen and oxygen atoms in total. The molecule has 0 saturated carbocycles. The van der Waals surface area contributed by atoms with Crippen molar-refractivity contribution in [1.29, 1.82) is 0 Å². The summed E-state index contributed by atoms with van der Waals surface area (Å²) in [5.41, 5.74) is 2.15. The highest BCUT2D eigenvalue weighted by atomic mass is 16.5. The standard InChI is InChI=1S/C28H31N3O3/c1-28(2,33)22-8-12-25(13-9-22)34-26-14-10-23(11-15-26)31-20-24-19-29(16-17-30(24)27(31)32)18-21-6-4-3-5-7-21/h3-15,24,33H,16-20H2,1-2H3/t24-/m0/s1. The van der Waals surface area contributed by atoms with E-state index in [0.29, 0.717) is 18.0 Å². The summed E-state index contributed by atoms with van der Waals surface area (Å²) < 4.78 is 5.95. The second-order valence-electron chi connectivity index (χ2n) is 9.64. The molecule has 0 radical (unpaired) electrons. The molecule has 2 saturated heterocycles. The van der Waals surface area contributed by atoms with Crippen LogP contribution in [0.15, 0.2) is 78.9 Å². The summed E-state index contributed by atoms with van der Waals surface area (Å²) in [6.45, 7) is 7.67. The number of fused-ring (bicyclic) bond motifs is 1. The van der Waals surface area contributed by atoms with Gasteiger partial charge in [0.15, 0.2) is 0 Å². The van der Waals surface area contributed by atoms with Crippen LogP contribution in [0.4, 0.5) is 10.5 Å². The highest BCUT2D eigenvalue weighted by molar-refractivity contribution is 5.94. The van der Waals surface area contributed by atoms with Gasteiger partial charge in [-0.15, -0.1) is 0 Å². The van der Waals surface area contributed by atoms with E-state index >= 15 is 0 Å². The number of amides is 2. The Labute approximate surface area is 201 Å². The van der Waals surface area contributed by atoms with E-state index in [-0.39, 0.29) is 12.1 Å². The number of carbonyl (C=O) groups excluding carboxylic acids is 1. The fourth-order valence-corrected chi connectivity index (χ4v) is 4.73. The Balaban J connectivity index is 1.21. The first-order valence-electron chi connectivity index (χ1n) is 11.8. The van der Waals surface area contributed by atoms with Gasteiger partial charge >= 0.3 is 6.03 Å². The summed E-state index contributed by atoms with van der Waals surface area (Å²) in [5, 5.41) is 10.1. The van der Waals surface area contributed by atoms with E-state index < -0.39 is 5.60 Å². The van der Waals surface area contributed by atoms with Crippen molar-refractivity contribution < 1.29 is 14.6 Å². The Hall–Kier alpha value is -3.35. The van der Waals surface area contributed by atoms with Crippen molar-refractivity contribution in [3.8, 4) is 11.5 Å². The van der Waals surface area contributed by atoms with E-state index in [1.165, 1.54) is 5.56 Å². The minimum atomic E-state index is -0.881. The van der Waals surface area contributed by atoms with E-state index in [9.17, 15) is 9.90 Å². The molecule has 2 heterocycles. The van der Waals surface area contributed by atoms with E-state index in [1.54, 1.807) is 13.8 Å². The van der Waals surface area contributed by atoms with Crippen LogP contribution in [0.1, 0.15) is 25.0 Å². The molecule has 34 heavy (non-hydrogen) atoms. The Bertz CT molecular complexity index is 1120. The normalized spacial score (nSPS) is 18.8. The molecule has 2 aliphatic rings. The molecule has 0 unspecified atom stereocenters. The molecule has 0 aliphatic carbocycles. The first kappa shape index (κ1) is 22.4. The lowest BCUT2D eigenvalue weighted by Gasteiger charge is -2.36. The Morgan fingerprint density at radius 3 is 2.18 bits per heavy atom. The molecule has 1 atom stereocenters. The average molecular weight is 458 g/mol. The minimum absolute atomic E-state index is 0.0836. The molecule has 176 valence electrons. The minimum Gasteiger partial charge on any atom is -0.457 e. The molecule has 0 spiro atoms. The van der Waals surface area contributed by atoms with Gasteiger partial charge in [0.25, 0.3) is 0 Å². The van der Waals surface area contributed by atoms with Crippen LogP contribution in [0.5, 0.6) is 11.5 Å². The van der Waals surface area contributed by atoms with Crippen LogP contribution in [-0.2, 0) is 12.1 Å². The zero-order valence-electron chi connectivity index (χ0n) is 19.7. The fraction of sp³-hybridized carbons (Fsp3) is 0.321. The summed E-state index contributed by atoms with van der Waals surface area (Å²) in [4.78, 5) is 19.4. The molecule has 1 N–H and O–H groups in total. The fourth-order valence-electron chi connectivity index (χ4n) is 4.73. The maximum Gasteiger partial charge on any atom is 0.324 e. The Morgan fingerprint density at radius 1 is 0.882 bits per heavy atom. The number of nitrogens with zero attached hydrogens (tertiary/aromatic N) is 3. The van der Waals surface area contributed by atoms with E-state index in [0.717, 1.165) is 37.4 Å². The molecular formula is C28H31N3O3. The van der Waals surface area contributed by atoms with Crippen LogP contribution in [0.25, 0.3) is 0 Å². The number of hydrogen-bond acceptors (Lipinski definition) is 4. The van der Waals surface area contributed by atoms with Gasteiger partial charge in [0.2, 0.25) is 0 Å². The predicted octanol–water partition coefficient (Wildman–Crippen LogP) is 4.83. The van der Waals surface area contributed by atoms with Gasteiger partial charge in [-0.05, 0) is 61.4 Å².